The van der Waals surface area contributed by atoms with Crippen LogP contribution in [0, 0.1) is 0 Å². The van der Waals surface area contributed by atoms with E-state index in [9.17, 15) is 4.79 Å². The predicted octanol–water partition coefficient (Wildman–Crippen LogP) is 0.670. The fraction of sp³-hybridized carbons (Fsp3) is 0.571. The van der Waals surface area contributed by atoms with Crippen molar-refractivity contribution in [2.45, 2.75) is 19.9 Å². The number of hydrogen-bond donors (Lipinski definition) is 0. The molecule has 0 aromatic heterocycles. The lowest BCUT2D eigenvalue weighted by Gasteiger charge is -2.01. The van der Waals surface area contributed by atoms with E-state index in [-0.39, 0.29) is 5.97 Å². The minimum Gasteiger partial charge on any atom is -0.463 e. The molecule has 0 amide bonds. The van der Waals surface area contributed by atoms with Gasteiger partial charge in [0.1, 0.15) is 0 Å². The molecule has 0 bridgehead atoms. The van der Waals surface area contributed by atoms with Crippen molar-refractivity contribution in [3.63, 3.8) is 0 Å². The summed E-state index contributed by atoms with van der Waals surface area (Å²) < 4.78 is 4.84. The third-order valence-corrected chi connectivity index (χ3v) is 2.29. The second kappa shape index (κ2) is 5.23. The van der Waals surface area contributed by atoms with Gasteiger partial charge in [-0.25, -0.2) is 4.79 Å². The quantitative estimate of drug-likeness (QED) is 0.341. The molecule has 3 heteroatoms. The molecule has 0 aromatic carbocycles. The van der Waals surface area contributed by atoms with Gasteiger partial charge in [-0.05, 0) is 6.42 Å². The first-order valence-corrected chi connectivity index (χ1v) is 5.69. The largest absolute Gasteiger partial charge is 0.463 e. The maximum atomic E-state index is 10.8. The summed E-state index contributed by atoms with van der Waals surface area (Å²) >= 11 is 0. The van der Waals surface area contributed by atoms with Crippen LogP contribution in [0.5, 0.6) is 0 Å². The van der Waals surface area contributed by atoms with Crippen LogP contribution >= 0.6 is 0 Å². The van der Waals surface area contributed by atoms with E-state index in [4.69, 9.17) is 4.74 Å². The average molecular weight is 158 g/mol. The Balaban J connectivity index is 3.52. The van der Waals surface area contributed by atoms with Crippen molar-refractivity contribution in [1.29, 1.82) is 0 Å². The van der Waals surface area contributed by atoms with E-state index in [0.717, 1.165) is 6.42 Å². The van der Waals surface area contributed by atoms with Crippen LogP contribution in [-0.4, -0.2) is 22.1 Å². The molecule has 0 saturated carbocycles. The maximum absolute atomic E-state index is 10.8. The highest BCUT2D eigenvalue weighted by atomic mass is 28.2. The number of esters is 1. The highest BCUT2D eigenvalue weighted by molar-refractivity contribution is 6.51. The zero-order valence-electron chi connectivity index (χ0n) is 6.64. The van der Waals surface area contributed by atoms with Gasteiger partial charge in [-0.2, -0.15) is 0 Å². The predicted molar refractivity (Wildman–Crippen MR) is 44.8 cm³/mol. The molecule has 58 valence electrons. The van der Waals surface area contributed by atoms with Crippen LogP contribution in [0.3, 0.4) is 0 Å². The molecular formula is C7H14O2Si. The van der Waals surface area contributed by atoms with Gasteiger partial charge in [0.2, 0.25) is 0 Å². The molecule has 0 spiro atoms. The van der Waals surface area contributed by atoms with E-state index in [1.54, 1.807) is 0 Å². The van der Waals surface area contributed by atoms with Crippen molar-refractivity contribution in [1.82, 2.24) is 0 Å². The first-order chi connectivity index (χ1) is 4.72. The molecule has 0 rings (SSSR count). The van der Waals surface area contributed by atoms with Gasteiger partial charge in [0.15, 0.2) is 0 Å². The highest BCUT2D eigenvalue weighted by Gasteiger charge is 2.03. The lowest BCUT2D eigenvalue weighted by atomic mass is 10.5. The van der Waals surface area contributed by atoms with E-state index in [0.29, 0.717) is 11.8 Å². The van der Waals surface area contributed by atoms with Crippen LogP contribution < -0.4 is 0 Å². The van der Waals surface area contributed by atoms with Crippen LogP contribution in [0.4, 0.5) is 0 Å². The molecule has 0 aliphatic carbocycles. The lowest BCUT2D eigenvalue weighted by molar-refractivity contribution is -0.138. The molecular weight excluding hydrogens is 144 g/mol. The first kappa shape index (κ1) is 9.43. The Bertz CT molecular complexity index is 132. The third kappa shape index (κ3) is 3.45. The standard InChI is InChI=1S/C7H14O2Si/c1-4-5-9-7(8)6(2)10-3/h2,4-5,10H2,1,3H3. The van der Waals surface area contributed by atoms with Crippen LogP contribution in [0.15, 0.2) is 11.8 Å². The topological polar surface area (TPSA) is 26.3 Å². The van der Waals surface area contributed by atoms with Gasteiger partial charge in [0.05, 0.1) is 16.1 Å². The van der Waals surface area contributed by atoms with E-state index in [1.165, 1.54) is 0 Å². The average Bonchev–Trinajstić information content (AvgIpc) is 1.98. The Morgan fingerprint density at radius 1 is 1.70 bits per heavy atom. The SMILES string of the molecule is C=C([SiH2]C)C(=O)OCCC. The number of ether oxygens (including phenoxy) is 1. The molecule has 0 aliphatic rings. The van der Waals surface area contributed by atoms with Gasteiger partial charge < -0.3 is 4.74 Å². The molecule has 0 unspecified atom stereocenters. The van der Waals surface area contributed by atoms with Gasteiger partial charge >= 0.3 is 5.97 Å². The minimum atomic E-state index is -0.406. The monoisotopic (exact) mass is 158 g/mol. The van der Waals surface area contributed by atoms with Crippen LogP contribution in [0.1, 0.15) is 13.3 Å². The second-order valence-electron chi connectivity index (χ2n) is 2.09. The van der Waals surface area contributed by atoms with Gasteiger partial charge in [-0.3, -0.25) is 0 Å². The van der Waals surface area contributed by atoms with Crippen LogP contribution in [0.25, 0.3) is 0 Å². The van der Waals surface area contributed by atoms with Gasteiger partial charge in [0.25, 0.3) is 0 Å². The van der Waals surface area contributed by atoms with E-state index < -0.39 is 9.52 Å². The number of rotatable bonds is 4. The van der Waals surface area contributed by atoms with Crippen molar-refractivity contribution in [3.8, 4) is 0 Å². The Morgan fingerprint density at radius 3 is 2.70 bits per heavy atom. The van der Waals surface area contributed by atoms with Gasteiger partial charge in [0, 0.05) is 5.20 Å². The third-order valence-electron chi connectivity index (χ3n) is 1.15. The molecule has 0 aliphatic heterocycles. The zero-order chi connectivity index (χ0) is 7.98. The van der Waals surface area contributed by atoms with Crippen molar-refractivity contribution in [2.75, 3.05) is 6.61 Å². The highest BCUT2D eigenvalue weighted by Crippen LogP contribution is 1.92. The molecule has 0 N–H and O–H groups in total. The summed E-state index contributed by atoms with van der Waals surface area (Å²) in [5, 5.41) is 0.688. The summed E-state index contributed by atoms with van der Waals surface area (Å²) in [5.74, 6) is -0.198. The Morgan fingerprint density at radius 2 is 2.30 bits per heavy atom. The number of hydrogen-bond acceptors (Lipinski definition) is 2. The summed E-state index contributed by atoms with van der Waals surface area (Å²) in [5.41, 5.74) is 0. The molecule has 0 fully saturated rings. The smallest absolute Gasteiger partial charge is 0.328 e. The zero-order valence-corrected chi connectivity index (χ0v) is 8.06. The minimum absolute atomic E-state index is 0.198. The molecule has 10 heavy (non-hydrogen) atoms. The van der Waals surface area contributed by atoms with Gasteiger partial charge in [-0.15, -0.1) is 0 Å². The lowest BCUT2D eigenvalue weighted by Crippen LogP contribution is -2.10. The summed E-state index contributed by atoms with van der Waals surface area (Å²) in [6, 6.07) is 0. The van der Waals surface area contributed by atoms with Crippen molar-refractivity contribution < 1.29 is 9.53 Å². The van der Waals surface area contributed by atoms with E-state index >= 15 is 0 Å². The summed E-state index contributed by atoms with van der Waals surface area (Å²) in [6.45, 7) is 8.13. The van der Waals surface area contributed by atoms with Crippen LogP contribution in [-0.2, 0) is 9.53 Å². The molecule has 0 saturated heterocycles. The fourth-order valence-corrected chi connectivity index (χ4v) is 0.832. The van der Waals surface area contributed by atoms with E-state index in [1.807, 2.05) is 13.5 Å². The number of carbonyl (C=O) groups excluding carboxylic acids is 1. The number of carbonyl (C=O) groups is 1. The van der Waals surface area contributed by atoms with Gasteiger partial charge in [-0.1, -0.05) is 20.0 Å². The van der Waals surface area contributed by atoms with Crippen LogP contribution in [0.2, 0.25) is 6.55 Å². The molecule has 0 aromatic rings. The molecule has 2 nitrogen and oxygen atoms in total. The normalized spacial score (nSPS) is 10.2. The maximum Gasteiger partial charge on any atom is 0.328 e. The summed E-state index contributed by atoms with van der Waals surface area (Å²) in [7, 11) is -0.406. The molecule has 0 radical (unpaired) electrons. The van der Waals surface area contributed by atoms with Crippen molar-refractivity contribution in [3.05, 3.63) is 11.8 Å². The first-order valence-electron chi connectivity index (χ1n) is 3.57. The Hall–Kier alpha value is -0.573. The van der Waals surface area contributed by atoms with Crippen molar-refractivity contribution in [2.24, 2.45) is 0 Å². The fourth-order valence-electron chi connectivity index (χ4n) is 0.441. The van der Waals surface area contributed by atoms with Crippen molar-refractivity contribution >= 4 is 15.5 Å². The van der Waals surface area contributed by atoms with E-state index in [2.05, 4.69) is 6.58 Å². The Kier molecular flexibility index (Phi) is 4.93. The summed E-state index contributed by atoms with van der Waals surface area (Å²) in [4.78, 5) is 10.8. The molecule has 0 heterocycles. The Labute approximate surface area is 64.1 Å². The second-order valence-corrected chi connectivity index (χ2v) is 3.65. The molecule has 0 atom stereocenters. The summed E-state index contributed by atoms with van der Waals surface area (Å²) in [6.07, 6.45) is 0.879.